The van der Waals surface area contributed by atoms with Gasteiger partial charge in [0.1, 0.15) is 9.77 Å². The summed E-state index contributed by atoms with van der Waals surface area (Å²) in [6.07, 6.45) is 2.80. The zero-order chi connectivity index (χ0) is 15.6. The molecule has 0 radical (unpaired) electrons. The summed E-state index contributed by atoms with van der Waals surface area (Å²) in [5.41, 5.74) is 0. The second-order valence-corrected chi connectivity index (χ2v) is 8.97. The van der Waals surface area contributed by atoms with Crippen LogP contribution in [0.4, 0.5) is 0 Å². The van der Waals surface area contributed by atoms with E-state index >= 15 is 0 Å². The van der Waals surface area contributed by atoms with Gasteiger partial charge in [0.2, 0.25) is 10.0 Å². The van der Waals surface area contributed by atoms with Gasteiger partial charge in [-0.2, -0.15) is 4.31 Å². The van der Waals surface area contributed by atoms with Crippen LogP contribution < -0.4 is 5.32 Å². The van der Waals surface area contributed by atoms with Crippen molar-refractivity contribution in [3.63, 3.8) is 0 Å². The molecular weight excluding hydrogens is 342 g/mol. The van der Waals surface area contributed by atoms with Gasteiger partial charge in [0.05, 0.1) is 6.54 Å². The monoisotopic (exact) mass is 359 g/mol. The zero-order valence-electron chi connectivity index (χ0n) is 11.9. The predicted molar refractivity (Wildman–Crippen MR) is 89.2 cm³/mol. The third-order valence-electron chi connectivity index (χ3n) is 3.57. The highest BCUT2D eigenvalue weighted by molar-refractivity contribution is 8.14. The van der Waals surface area contributed by atoms with Crippen molar-refractivity contribution in [2.24, 2.45) is 4.99 Å². The lowest BCUT2D eigenvalue weighted by atomic mass is 10.2. The van der Waals surface area contributed by atoms with Crippen LogP contribution in [-0.4, -0.2) is 49.2 Å². The maximum Gasteiger partial charge on any atom is 0.268 e. The van der Waals surface area contributed by atoms with Gasteiger partial charge < -0.3 is 5.32 Å². The number of nitrogens with one attached hydrogen (secondary N) is 1. The summed E-state index contributed by atoms with van der Waals surface area (Å²) in [5.74, 6) is 0.456. The van der Waals surface area contributed by atoms with Gasteiger partial charge in [-0.1, -0.05) is 18.2 Å². The van der Waals surface area contributed by atoms with E-state index in [-0.39, 0.29) is 9.77 Å². The molecule has 1 amide bonds. The summed E-state index contributed by atoms with van der Waals surface area (Å²) in [6, 6.07) is 1.52. The highest BCUT2D eigenvalue weighted by Gasteiger charge is 2.31. The average Bonchev–Trinajstić information content (AvgIpc) is 3.19. The number of amides is 1. The molecule has 1 fully saturated rings. The Kier molecular flexibility index (Phi) is 4.86. The number of hydrogen-bond donors (Lipinski definition) is 1. The van der Waals surface area contributed by atoms with Crippen LogP contribution in [0.2, 0.25) is 0 Å². The molecule has 0 spiro atoms. The van der Waals surface area contributed by atoms with Gasteiger partial charge in [0, 0.05) is 18.8 Å². The van der Waals surface area contributed by atoms with Crippen molar-refractivity contribution < 1.29 is 13.2 Å². The van der Waals surface area contributed by atoms with Crippen LogP contribution >= 0.6 is 23.1 Å². The molecule has 3 heterocycles. The summed E-state index contributed by atoms with van der Waals surface area (Å²) in [5, 5.41) is 4.92. The number of carbonyl (C=O) groups is 1. The third-order valence-corrected chi connectivity index (χ3v) is 7.45. The fraction of sp³-hybridized carbons (Fsp3) is 0.538. The molecule has 0 aliphatic carbocycles. The molecule has 0 unspecified atom stereocenters. The van der Waals surface area contributed by atoms with E-state index in [2.05, 4.69) is 10.3 Å². The smallest absolute Gasteiger partial charge is 0.268 e. The van der Waals surface area contributed by atoms with Gasteiger partial charge in [-0.25, -0.2) is 8.42 Å². The summed E-state index contributed by atoms with van der Waals surface area (Å²) < 4.78 is 26.9. The second kappa shape index (κ2) is 6.69. The van der Waals surface area contributed by atoms with Gasteiger partial charge in [-0.3, -0.25) is 9.79 Å². The number of amidine groups is 1. The molecule has 2 aliphatic rings. The van der Waals surface area contributed by atoms with Crippen LogP contribution in [-0.2, 0) is 10.0 Å². The Morgan fingerprint density at radius 2 is 2.05 bits per heavy atom. The molecule has 0 bridgehead atoms. The first-order valence-electron chi connectivity index (χ1n) is 7.15. The van der Waals surface area contributed by atoms with Gasteiger partial charge in [-0.15, -0.1) is 11.3 Å². The van der Waals surface area contributed by atoms with E-state index in [0.717, 1.165) is 36.4 Å². The highest BCUT2D eigenvalue weighted by Crippen LogP contribution is 2.27. The SMILES string of the molecule is O=C(NC1=NCCS1)c1sccc1S(=O)(=O)N1CCCCC1. The number of carbonyl (C=O) groups excluding carboxylic acids is 1. The Bertz CT molecular complexity index is 690. The first kappa shape index (κ1) is 16.0. The van der Waals surface area contributed by atoms with E-state index in [0.29, 0.717) is 24.8 Å². The van der Waals surface area contributed by atoms with Crippen LogP contribution in [0.3, 0.4) is 0 Å². The average molecular weight is 359 g/mol. The number of piperidine rings is 1. The maximum atomic E-state index is 12.7. The number of thioether (sulfide) groups is 1. The molecule has 1 aromatic heterocycles. The van der Waals surface area contributed by atoms with Gasteiger partial charge in [0.25, 0.3) is 5.91 Å². The topological polar surface area (TPSA) is 78.8 Å². The van der Waals surface area contributed by atoms with Gasteiger partial charge in [0.15, 0.2) is 5.17 Å². The Labute approximate surface area is 138 Å². The van der Waals surface area contributed by atoms with E-state index in [4.69, 9.17) is 0 Å². The van der Waals surface area contributed by atoms with Crippen LogP contribution in [0, 0.1) is 0 Å². The normalized spacial score (nSPS) is 19.9. The van der Waals surface area contributed by atoms with E-state index in [9.17, 15) is 13.2 Å². The minimum Gasteiger partial charge on any atom is -0.301 e. The number of nitrogens with zero attached hydrogens (tertiary/aromatic N) is 2. The standard InChI is InChI=1S/C13H17N3O3S3/c17-12(15-13-14-5-9-21-13)11-10(4-8-20-11)22(18,19)16-6-2-1-3-7-16/h4,8H,1-3,5-7,9H2,(H,14,15,17). The minimum atomic E-state index is -3.59. The molecule has 1 aromatic rings. The molecule has 1 saturated heterocycles. The molecule has 0 atom stereocenters. The number of thiophene rings is 1. The van der Waals surface area contributed by atoms with Crippen molar-refractivity contribution >= 4 is 44.2 Å². The number of sulfonamides is 1. The molecule has 22 heavy (non-hydrogen) atoms. The van der Waals surface area contributed by atoms with Crippen LogP contribution in [0.1, 0.15) is 28.9 Å². The quantitative estimate of drug-likeness (QED) is 0.892. The molecule has 9 heteroatoms. The molecule has 120 valence electrons. The summed E-state index contributed by atoms with van der Waals surface area (Å²) in [6.45, 7) is 1.74. The zero-order valence-corrected chi connectivity index (χ0v) is 14.4. The summed E-state index contributed by atoms with van der Waals surface area (Å²) in [7, 11) is -3.59. The van der Waals surface area contributed by atoms with Crippen LogP contribution in [0.15, 0.2) is 21.3 Å². The molecule has 6 nitrogen and oxygen atoms in total. The first-order valence-corrected chi connectivity index (χ1v) is 10.5. The van der Waals surface area contributed by atoms with Crippen molar-refractivity contribution in [1.29, 1.82) is 0 Å². The largest absolute Gasteiger partial charge is 0.301 e. The van der Waals surface area contributed by atoms with E-state index in [1.54, 1.807) is 5.38 Å². The Morgan fingerprint density at radius 1 is 1.27 bits per heavy atom. The Balaban J connectivity index is 1.83. The van der Waals surface area contributed by atoms with Crippen molar-refractivity contribution in [3.05, 3.63) is 16.3 Å². The lowest BCUT2D eigenvalue weighted by Crippen LogP contribution is -2.36. The Morgan fingerprint density at radius 3 is 2.73 bits per heavy atom. The van der Waals surface area contributed by atoms with E-state index in [1.165, 1.54) is 22.1 Å². The second-order valence-electron chi connectivity index (χ2n) is 5.07. The maximum absolute atomic E-state index is 12.7. The van der Waals surface area contributed by atoms with Crippen LogP contribution in [0.25, 0.3) is 0 Å². The van der Waals surface area contributed by atoms with Gasteiger partial charge >= 0.3 is 0 Å². The fourth-order valence-corrected chi connectivity index (χ4v) is 6.01. The number of hydrogen-bond acceptors (Lipinski definition) is 6. The first-order chi connectivity index (χ1) is 10.6. The molecule has 0 saturated carbocycles. The van der Waals surface area contributed by atoms with E-state index < -0.39 is 15.9 Å². The van der Waals surface area contributed by atoms with Crippen LogP contribution in [0.5, 0.6) is 0 Å². The predicted octanol–water partition coefficient (Wildman–Crippen LogP) is 1.76. The third kappa shape index (κ3) is 3.22. The number of rotatable bonds is 3. The Hall–Kier alpha value is -0.900. The van der Waals surface area contributed by atoms with Crippen molar-refractivity contribution in [2.75, 3.05) is 25.4 Å². The highest BCUT2D eigenvalue weighted by atomic mass is 32.2. The minimum absolute atomic E-state index is 0.112. The van der Waals surface area contributed by atoms with Crippen molar-refractivity contribution in [2.45, 2.75) is 24.2 Å². The van der Waals surface area contributed by atoms with Crippen molar-refractivity contribution in [3.8, 4) is 0 Å². The summed E-state index contributed by atoms with van der Waals surface area (Å²) in [4.78, 5) is 16.8. The number of aliphatic imine (C=N–C) groups is 1. The molecule has 0 aromatic carbocycles. The molecule has 2 aliphatic heterocycles. The van der Waals surface area contributed by atoms with Gasteiger partial charge in [-0.05, 0) is 24.3 Å². The van der Waals surface area contributed by atoms with Crippen molar-refractivity contribution in [1.82, 2.24) is 9.62 Å². The molecule has 1 N–H and O–H groups in total. The van der Waals surface area contributed by atoms with E-state index in [1.807, 2.05) is 0 Å². The fourth-order valence-electron chi connectivity index (χ4n) is 2.48. The lowest BCUT2D eigenvalue weighted by molar-refractivity contribution is 0.0979. The molecular formula is C13H17N3O3S3. The summed E-state index contributed by atoms with van der Waals surface area (Å²) >= 11 is 2.62. The molecule has 3 rings (SSSR count). The lowest BCUT2D eigenvalue weighted by Gasteiger charge is -2.25.